The summed E-state index contributed by atoms with van der Waals surface area (Å²) in [5.41, 5.74) is 3.27. The van der Waals surface area contributed by atoms with Crippen molar-refractivity contribution in [3.05, 3.63) is 11.6 Å². The smallest absolute Gasteiger partial charge is 0.200 e. The number of fused-ring (bicyclic) bond motifs is 1. The van der Waals surface area contributed by atoms with Crippen molar-refractivity contribution in [2.45, 2.75) is 91.0 Å². The second-order valence-corrected chi connectivity index (χ2v) is 14.4. The maximum absolute atomic E-state index is 11.9. The van der Waals surface area contributed by atoms with Crippen molar-refractivity contribution in [3.63, 3.8) is 0 Å². The van der Waals surface area contributed by atoms with Crippen LogP contribution in [0.25, 0.3) is 0 Å². The Balaban J connectivity index is 2.37. The van der Waals surface area contributed by atoms with Crippen molar-refractivity contribution in [1.29, 1.82) is 0 Å². The van der Waals surface area contributed by atoms with Crippen LogP contribution >= 0.6 is 0 Å². The zero-order valence-electron chi connectivity index (χ0n) is 15.7. The Hall–Kier alpha value is -0.413. The molecule has 1 fully saturated rings. The molecule has 0 aliphatic heterocycles. The normalized spacial score (nSPS) is 28.0. The van der Waals surface area contributed by atoms with Crippen LogP contribution in [-0.2, 0) is 9.22 Å². The zero-order valence-corrected chi connectivity index (χ0v) is 16.7. The minimum Gasteiger partial charge on any atom is -0.412 e. The second kappa shape index (κ2) is 5.90. The Labute approximate surface area is 137 Å². The molecule has 0 aromatic rings. The molecule has 126 valence electrons. The van der Waals surface area contributed by atoms with Gasteiger partial charge in [0.1, 0.15) is 0 Å². The van der Waals surface area contributed by atoms with Gasteiger partial charge in [0, 0.05) is 12.3 Å². The van der Waals surface area contributed by atoms with Gasteiger partial charge in [-0.05, 0) is 34.5 Å². The number of ketones is 1. The molecule has 0 N–H and O–H groups in total. The standard InChI is InChI=1S/C19H34O2Si/c1-12(2)22(13(3)4,14(5)6)21-18-17-10-16(20)9-15(17)11-19(18,7)8/h9,12-14,17-18H,10-11H2,1-8H3/t17-,18-/m1/s1. The maximum atomic E-state index is 11.9. The minimum absolute atomic E-state index is 0.147. The van der Waals surface area contributed by atoms with E-state index in [0.717, 1.165) is 6.42 Å². The predicted octanol–water partition coefficient (Wildman–Crippen LogP) is 5.49. The first kappa shape index (κ1) is 17.9. The first-order valence-electron chi connectivity index (χ1n) is 8.93. The summed E-state index contributed by atoms with van der Waals surface area (Å²) in [6.07, 6.45) is 3.80. The lowest BCUT2D eigenvalue weighted by atomic mass is 9.86. The highest BCUT2D eigenvalue weighted by atomic mass is 28.4. The number of allylic oxidation sites excluding steroid dienone is 1. The average molecular weight is 323 g/mol. The van der Waals surface area contributed by atoms with Crippen molar-refractivity contribution < 1.29 is 9.22 Å². The Morgan fingerprint density at radius 1 is 1.09 bits per heavy atom. The molecule has 1 saturated carbocycles. The van der Waals surface area contributed by atoms with Crippen LogP contribution in [0, 0.1) is 11.3 Å². The van der Waals surface area contributed by atoms with E-state index in [-0.39, 0.29) is 11.5 Å². The number of carbonyl (C=O) groups excluding carboxylic acids is 1. The third-order valence-electron chi connectivity index (χ3n) is 6.08. The van der Waals surface area contributed by atoms with Gasteiger partial charge in [0.2, 0.25) is 8.32 Å². The maximum Gasteiger partial charge on any atom is 0.200 e. The van der Waals surface area contributed by atoms with Gasteiger partial charge in [0.05, 0.1) is 6.10 Å². The molecule has 0 amide bonds. The van der Waals surface area contributed by atoms with Crippen molar-refractivity contribution >= 4 is 14.1 Å². The van der Waals surface area contributed by atoms with Gasteiger partial charge < -0.3 is 4.43 Å². The van der Waals surface area contributed by atoms with Crippen molar-refractivity contribution in [3.8, 4) is 0 Å². The van der Waals surface area contributed by atoms with E-state index in [2.05, 4.69) is 55.4 Å². The SMILES string of the molecule is CC(C)[Si](O[C@@H]1[C@@H]2CC(=O)C=C2CC1(C)C)(C(C)C)C(C)C. The van der Waals surface area contributed by atoms with E-state index in [9.17, 15) is 4.79 Å². The summed E-state index contributed by atoms with van der Waals surface area (Å²) in [4.78, 5) is 11.9. The van der Waals surface area contributed by atoms with Crippen LogP contribution < -0.4 is 0 Å². The lowest BCUT2D eigenvalue weighted by molar-refractivity contribution is -0.115. The summed E-state index contributed by atoms with van der Waals surface area (Å²) in [6, 6.07) is 0. The van der Waals surface area contributed by atoms with Crippen molar-refractivity contribution in [2.75, 3.05) is 0 Å². The molecule has 0 bridgehead atoms. The molecule has 2 rings (SSSR count). The van der Waals surface area contributed by atoms with Crippen molar-refractivity contribution in [1.82, 2.24) is 0 Å². The van der Waals surface area contributed by atoms with Crippen LogP contribution in [0.1, 0.15) is 68.2 Å². The van der Waals surface area contributed by atoms with E-state index in [1.165, 1.54) is 5.57 Å². The Morgan fingerprint density at radius 2 is 1.59 bits per heavy atom. The summed E-state index contributed by atoms with van der Waals surface area (Å²) in [5, 5.41) is 0. The number of rotatable bonds is 5. The van der Waals surface area contributed by atoms with Crippen LogP contribution in [-0.4, -0.2) is 20.2 Å². The van der Waals surface area contributed by atoms with Gasteiger partial charge in [-0.25, -0.2) is 0 Å². The van der Waals surface area contributed by atoms with E-state index in [4.69, 9.17) is 4.43 Å². The van der Waals surface area contributed by atoms with Crippen molar-refractivity contribution in [2.24, 2.45) is 11.3 Å². The van der Waals surface area contributed by atoms with Crippen LogP contribution in [0.2, 0.25) is 16.6 Å². The van der Waals surface area contributed by atoms with Gasteiger partial charge in [-0.3, -0.25) is 4.79 Å². The van der Waals surface area contributed by atoms with E-state index in [1.807, 2.05) is 6.08 Å². The molecule has 0 saturated heterocycles. The summed E-state index contributed by atoms with van der Waals surface area (Å²) in [5.74, 6) is 0.639. The fraction of sp³-hybridized carbons (Fsp3) is 0.842. The van der Waals surface area contributed by atoms with Crippen LogP contribution in [0.3, 0.4) is 0 Å². The number of hydrogen-bond donors (Lipinski definition) is 0. The highest BCUT2D eigenvalue weighted by Crippen LogP contribution is 2.54. The molecule has 22 heavy (non-hydrogen) atoms. The predicted molar refractivity (Wildman–Crippen MR) is 95.5 cm³/mol. The van der Waals surface area contributed by atoms with Gasteiger partial charge in [-0.1, -0.05) is 61.0 Å². The number of carbonyl (C=O) groups is 1. The third-order valence-corrected chi connectivity index (χ3v) is 12.2. The Kier molecular flexibility index (Phi) is 4.81. The highest BCUT2D eigenvalue weighted by Gasteiger charge is 2.54. The molecule has 2 aliphatic rings. The third kappa shape index (κ3) is 2.75. The molecule has 0 spiro atoms. The van der Waals surface area contributed by atoms with Gasteiger partial charge in [0.25, 0.3) is 0 Å². The van der Waals surface area contributed by atoms with Crippen LogP contribution in [0.4, 0.5) is 0 Å². The van der Waals surface area contributed by atoms with E-state index in [0.29, 0.717) is 34.7 Å². The first-order chi connectivity index (χ1) is 10.0. The topological polar surface area (TPSA) is 26.3 Å². The summed E-state index contributed by atoms with van der Waals surface area (Å²) >= 11 is 0. The summed E-state index contributed by atoms with van der Waals surface area (Å²) < 4.78 is 7.11. The molecule has 0 heterocycles. The second-order valence-electron chi connectivity index (χ2n) is 9.02. The van der Waals surface area contributed by atoms with Gasteiger partial charge in [0.15, 0.2) is 5.78 Å². The lowest BCUT2D eigenvalue weighted by Gasteiger charge is -2.47. The first-order valence-corrected chi connectivity index (χ1v) is 11.1. The molecule has 2 atom stereocenters. The molecule has 0 unspecified atom stereocenters. The molecule has 3 heteroatoms. The Morgan fingerprint density at radius 3 is 2.05 bits per heavy atom. The fourth-order valence-corrected chi connectivity index (χ4v) is 11.0. The van der Waals surface area contributed by atoms with Crippen LogP contribution in [0.15, 0.2) is 11.6 Å². The average Bonchev–Trinajstić information content (AvgIpc) is 2.77. The monoisotopic (exact) mass is 322 g/mol. The van der Waals surface area contributed by atoms with E-state index in [1.54, 1.807) is 0 Å². The lowest BCUT2D eigenvalue weighted by Crippen LogP contribution is -2.53. The summed E-state index contributed by atoms with van der Waals surface area (Å²) in [7, 11) is -1.90. The largest absolute Gasteiger partial charge is 0.412 e. The molecular formula is C19H34O2Si. The molecule has 2 nitrogen and oxygen atoms in total. The molecule has 0 aromatic heterocycles. The number of hydrogen-bond acceptors (Lipinski definition) is 2. The highest BCUT2D eigenvalue weighted by molar-refractivity contribution is 6.77. The van der Waals surface area contributed by atoms with Gasteiger partial charge in [-0.2, -0.15) is 0 Å². The zero-order chi connectivity index (χ0) is 16.9. The Bertz CT molecular complexity index is 452. The van der Waals surface area contributed by atoms with E-state index >= 15 is 0 Å². The fourth-order valence-electron chi connectivity index (χ4n) is 5.25. The quantitative estimate of drug-likeness (QED) is 0.625. The molecular weight excluding hydrogens is 288 g/mol. The molecule has 2 aliphatic carbocycles. The molecule has 0 aromatic carbocycles. The van der Waals surface area contributed by atoms with Gasteiger partial charge in [-0.15, -0.1) is 0 Å². The van der Waals surface area contributed by atoms with Crippen LogP contribution in [0.5, 0.6) is 0 Å². The van der Waals surface area contributed by atoms with Gasteiger partial charge >= 0.3 is 0 Å². The summed E-state index contributed by atoms with van der Waals surface area (Å²) in [6.45, 7) is 18.7. The van der Waals surface area contributed by atoms with E-state index < -0.39 is 8.32 Å². The molecule has 0 radical (unpaired) electrons. The minimum atomic E-state index is -1.90.